The van der Waals surface area contributed by atoms with Gasteiger partial charge in [-0.1, -0.05) is 30.3 Å². The molecule has 0 spiro atoms. The van der Waals surface area contributed by atoms with Crippen LogP contribution < -0.4 is 0 Å². The molecule has 7 nitrogen and oxygen atoms in total. The van der Waals surface area contributed by atoms with E-state index in [1.54, 1.807) is 9.80 Å². The summed E-state index contributed by atoms with van der Waals surface area (Å²) in [5.41, 5.74) is 1.12. The van der Waals surface area contributed by atoms with Gasteiger partial charge in [-0.15, -0.1) is 0 Å². The highest BCUT2D eigenvalue weighted by molar-refractivity contribution is 7.89. The highest BCUT2D eigenvalue weighted by Gasteiger charge is 2.38. The molecule has 2 aromatic carbocycles. The van der Waals surface area contributed by atoms with E-state index in [1.807, 2.05) is 30.3 Å². The molecule has 0 radical (unpaired) electrons. The Hall–Kier alpha value is -2.85. The summed E-state index contributed by atoms with van der Waals surface area (Å²) >= 11 is 0. The fourth-order valence-corrected chi connectivity index (χ4v) is 5.69. The lowest BCUT2D eigenvalue weighted by atomic mass is 10.1. The summed E-state index contributed by atoms with van der Waals surface area (Å²) in [5, 5.41) is 0. The molecule has 4 rings (SSSR count). The fraction of sp³-hybridized carbons (Fsp3) is 0.391. The SMILES string of the molecule is O=C1C[C@@H](C(=O)N2CCN(S(=O)(=O)c3ccc(F)c(F)c3)CC2)CN1CCc1ccccc1. The van der Waals surface area contributed by atoms with Gasteiger partial charge in [0.2, 0.25) is 21.8 Å². The van der Waals surface area contributed by atoms with Crippen molar-refractivity contribution in [3.63, 3.8) is 0 Å². The molecule has 0 unspecified atom stereocenters. The van der Waals surface area contributed by atoms with Gasteiger partial charge in [-0.2, -0.15) is 4.31 Å². The normalized spacial score (nSPS) is 19.8. The molecule has 10 heteroatoms. The largest absolute Gasteiger partial charge is 0.342 e. The smallest absolute Gasteiger partial charge is 0.243 e. The summed E-state index contributed by atoms with van der Waals surface area (Å²) in [6.45, 7) is 1.36. The minimum Gasteiger partial charge on any atom is -0.342 e. The van der Waals surface area contributed by atoms with Crippen molar-refractivity contribution in [1.29, 1.82) is 0 Å². The molecular weight excluding hydrogens is 452 g/mol. The number of rotatable bonds is 6. The number of halogens is 2. The van der Waals surface area contributed by atoms with E-state index in [9.17, 15) is 26.8 Å². The minimum atomic E-state index is -3.99. The van der Waals surface area contributed by atoms with E-state index in [0.29, 0.717) is 25.6 Å². The van der Waals surface area contributed by atoms with Gasteiger partial charge < -0.3 is 9.80 Å². The van der Waals surface area contributed by atoms with Gasteiger partial charge in [-0.05, 0) is 30.2 Å². The third-order valence-corrected chi connectivity index (χ3v) is 8.05. The number of piperazine rings is 1. The molecule has 2 amide bonds. The average Bonchev–Trinajstić information content (AvgIpc) is 3.20. The lowest BCUT2D eigenvalue weighted by Gasteiger charge is -2.35. The highest BCUT2D eigenvalue weighted by Crippen LogP contribution is 2.24. The number of carbonyl (C=O) groups is 2. The summed E-state index contributed by atoms with van der Waals surface area (Å²) in [4.78, 5) is 28.3. The predicted octanol–water partition coefficient (Wildman–Crippen LogP) is 1.89. The molecule has 2 aliphatic rings. The molecule has 0 aliphatic carbocycles. The van der Waals surface area contributed by atoms with Crippen molar-refractivity contribution in [3.05, 3.63) is 65.7 Å². The minimum absolute atomic E-state index is 0.0471. The molecule has 33 heavy (non-hydrogen) atoms. The topological polar surface area (TPSA) is 78.0 Å². The molecule has 2 aromatic rings. The Morgan fingerprint density at radius 2 is 1.67 bits per heavy atom. The summed E-state index contributed by atoms with van der Waals surface area (Å²) in [5.74, 6) is -3.00. The van der Waals surface area contributed by atoms with Crippen LogP contribution in [-0.2, 0) is 26.0 Å². The summed E-state index contributed by atoms with van der Waals surface area (Å²) in [7, 11) is -3.99. The van der Waals surface area contributed by atoms with E-state index in [0.717, 1.165) is 22.0 Å². The standard InChI is InChI=1S/C23H25F2N3O4S/c24-20-7-6-19(15-21(20)25)33(31,32)28-12-10-26(11-13-28)23(30)18-14-22(29)27(16-18)9-8-17-4-2-1-3-5-17/h1-7,15,18H,8-14,16H2/t18-/m1/s1. The number of sulfonamides is 1. The van der Waals surface area contributed by atoms with Crippen LogP contribution in [0.1, 0.15) is 12.0 Å². The second-order valence-corrected chi connectivity index (χ2v) is 10.2. The van der Waals surface area contributed by atoms with Gasteiger partial charge in [0.1, 0.15) is 0 Å². The highest BCUT2D eigenvalue weighted by atomic mass is 32.2. The van der Waals surface area contributed by atoms with Crippen LogP contribution in [0, 0.1) is 17.6 Å². The average molecular weight is 478 g/mol. The second kappa shape index (κ2) is 9.56. The van der Waals surface area contributed by atoms with Crippen LogP contribution in [0.15, 0.2) is 53.4 Å². The van der Waals surface area contributed by atoms with Gasteiger partial charge in [-0.3, -0.25) is 9.59 Å². The Labute approximate surface area is 191 Å². The van der Waals surface area contributed by atoms with Crippen molar-refractivity contribution in [3.8, 4) is 0 Å². The van der Waals surface area contributed by atoms with Crippen LogP contribution >= 0.6 is 0 Å². The van der Waals surface area contributed by atoms with E-state index in [1.165, 1.54) is 0 Å². The van der Waals surface area contributed by atoms with Crippen molar-refractivity contribution in [2.24, 2.45) is 5.92 Å². The summed E-state index contributed by atoms with van der Waals surface area (Å²) in [6, 6.07) is 12.3. The zero-order valence-corrected chi connectivity index (χ0v) is 18.8. The Morgan fingerprint density at radius 1 is 0.970 bits per heavy atom. The van der Waals surface area contributed by atoms with E-state index in [4.69, 9.17) is 0 Å². The van der Waals surface area contributed by atoms with Crippen LogP contribution in [0.5, 0.6) is 0 Å². The monoisotopic (exact) mass is 477 g/mol. The molecule has 2 aliphatic heterocycles. The van der Waals surface area contributed by atoms with E-state index in [2.05, 4.69) is 0 Å². The first-order valence-corrected chi connectivity index (χ1v) is 12.3. The van der Waals surface area contributed by atoms with Gasteiger partial charge in [0, 0.05) is 45.7 Å². The van der Waals surface area contributed by atoms with Crippen LogP contribution in [0.2, 0.25) is 0 Å². The Balaban J connectivity index is 1.32. The van der Waals surface area contributed by atoms with Gasteiger partial charge in [0.15, 0.2) is 11.6 Å². The fourth-order valence-electron chi connectivity index (χ4n) is 4.26. The lowest BCUT2D eigenvalue weighted by Crippen LogP contribution is -2.52. The molecule has 0 N–H and O–H groups in total. The van der Waals surface area contributed by atoms with Crippen molar-refractivity contribution in [2.45, 2.75) is 17.7 Å². The molecule has 2 fully saturated rings. The molecule has 2 saturated heterocycles. The molecule has 2 heterocycles. The molecule has 0 aromatic heterocycles. The molecular formula is C23H25F2N3O4S. The van der Waals surface area contributed by atoms with E-state index in [-0.39, 0.29) is 49.3 Å². The van der Waals surface area contributed by atoms with E-state index < -0.39 is 27.6 Å². The van der Waals surface area contributed by atoms with Crippen molar-refractivity contribution in [2.75, 3.05) is 39.3 Å². The maximum absolute atomic E-state index is 13.5. The van der Waals surface area contributed by atoms with Crippen LogP contribution in [-0.4, -0.2) is 73.6 Å². The first-order valence-electron chi connectivity index (χ1n) is 10.8. The van der Waals surface area contributed by atoms with E-state index >= 15 is 0 Å². The third kappa shape index (κ3) is 5.06. The zero-order chi connectivity index (χ0) is 23.6. The number of hydrogen-bond acceptors (Lipinski definition) is 4. The molecule has 176 valence electrons. The maximum atomic E-state index is 13.5. The zero-order valence-electron chi connectivity index (χ0n) is 18.0. The first kappa shape index (κ1) is 23.3. The Morgan fingerprint density at radius 3 is 2.33 bits per heavy atom. The predicted molar refractivity (Wildman–Crippen MR) is 117 cm³/mol. The summed E-state index contributed by atoms with van der Waals surface area (Å²) in [6.07, 6.45) is 0.870. The van der Waals surface area contributed by atoms with Crippen LogP contribution in [0.25, 0.3) is 0 Å². The number of likely N-dealkylation sites (tertiary alicyclic amines) is 1. The van der Waals surface area contributed by atoms with Crippen molar-refractivity contribution in [1.82, 2.24) is 14.1 Å². The van der Waals surface area contributed by atoms with Crippen LogP contribution in [0.4, 0.5) is 8.78 Å². The summed E-state index contributed by atoms with van der Waals surface area (Å²) < 4.78 is 53.3. The second-order valence-electron chi connectivity index (χ2n) is 8.28. The first-order chi connectivity index (χ1) is 15.8. The number of hydrogen-bond donors (Lipinski definition) is 0. The van der Waals surface area contributed by atoms with Gasteiger partial charge in [-0.25, -0.2) is 17.2 Å². The maximum Gasteiger partial charge on any atom is 0.243 e. The molecule has 1 atom stereocenters. The van der Waals surface area contributed by atoms with Gasteiger partial charge in [0.25, 0.3) is 0 Å². The molecule has 0 saturated carbocycles. The number of benzene rings is 2. The van der Waals surface area contributed by atoms with Gasteiger partial charge >= 0.3 is 0 Å². The third-order valence-electron chi connectivity index (χ3n) is 6.16. The Bertz CT molecular complexity index is 1140. The van der Waals surface area contributed by atoms with Crippen molar-refractivity contribution >= 4 is 21.8 Å². The molecule has 0 bridgehead atoms. The Kier molecular flexibility index (Phi) is 6.76. The lowest BCUT2D eigenvalue weighted by molar-refractivity contribution is -0.137. The number of carbonyl (C=O) groups excluding carboxylic acids is 2. The van der Waals surface area contributed by atoms with Crippen LogP contribution in [0.3, 0.4) is 0 Å². The quantitative estimate of drug-likeness (QED) is 0.637. The number of amides is 2. The number of nitrogens with zero attached hydrogens (tertiary/aromatic N) is 3. The van der Waals surface area contributed by atoms with Crippen molar-refractivity contribution < 1.29 is 26.8 Å². The van der Waals surface area contributed by atoms with Gasteiger partial charge in [0.05, 0.1) is 10.8 Å².